The number of anilines is 2. The molecular formula is C15H13Cl2N5O. The van der Waals surface area contributed by atoms with Crippen molar-refractivity contribution < 1.29 is 4.74 Å². The second-order valence-corrected chi connectivity index (χ2v) is 5.57. The van der Waals surface area contributed by atoms with Gasteiger partial charge in [0, 0.05) is 5.56 Å². The number of methoxy groups -OCH3 is 1. The number of hydrogen-bond acceptors (Lipinski definition) is 5. The van der Waals surface area contributed by atoms with Crippen LogP contribution in [0.5, 0.6) is 5.75 Å². The van der Waals surface area contributed by atoms with E-state index in [1.807, 2.05) is 24.3 Å². The molecular weight excluding hydrogens is 337 g/mol. The zero-order valence-corrected chi connectivity index (χ0v) is 13.6. The molecule has 0 saturated heterocycles. The molecule has 2 aromatic carbocycles. The van der Waals surface area contributed by atoms with Crippen LogP contribution in [0.3, 0.4) is 0 Å². The number of rotatable bonds is 3. The quantitative estimate of drug-likeness (QED) is 0.755. The van der Waals surface area contributed by atoms with Crippen LogP contribution in [0, 0.1) is 0 Å². The topological polar surface area (TPSA) is 92.0 Å². The van der Waals surface area contributed by atoms with Crippen LogP contribution in [0.2, 0.25) is 10.0 Å². The number of benzene rings is 2. The Kier molecular flexibility index (Phi) is 4.02. The van der Waals surface area contributed by atoms with Gasteiger partial charge in [0.25, 0.3) is 0 Å². The molecule has 0 amide bonds. The molecule has 4 N–H and O–H groups in total. The van der Waals surface area contributed by atoms with Crippen LogP contribution in [0.15, 0.2) is 36.4 Å². The van der Waals surface area contributed by atoms with Gasteiger partial charge < -0.3 is 16.2 Å². The van der Waals surface area contributed by atoms with E-state index >= 15 is 0 Å². The van der Waals surface area contributed by atoms with Crippen molar-refractivity contribution >= 4 is 35.1 Å². The van der Waals surface area contributed by atoms with Crippen molar-refractivity contribution in [2.24, 2.45) is 0 Å². The van der Waals surface area contributed by atoms with E-state index in [2.05, 4.69) is 10.1 Å². The zero-order valence-electron chi connectivity index (χ0n) is 12.1. The first-order valence-electron chi connectivity index (χ1n) is 6.61. The highest BCUT2D eigenvalue weighted by Crippen LogP contribution is 2.38. The molecule has 0 radical (unpaired) electrons. The molecule has 0 aliphatic heterocycles. The van der Waals surface area contributed by atoms with Crippen molar-refractivity contribution in [2.75, 3.05) is 18.6 Å². The first kappa shape index (κ1) is 15.5. The molecule has 3 rings (SSSR count). The lowest BCUT2D eigenvalue weighted by atomic mass is 10.0. The minimum Gasteiger partial charge on any atom is -0.497 e. The molecule has 0 bridgehead atoms. The van der Waals surface area contributed by atoms with Crippen LogP contribution in [0.25, 0.3) is 16.8 Å². The van der Waals surface area contributed by atoms with E-state index in [9.17, 15) is 0 Å². The molecule has 8 heteroatoms. The number of aromatic nitrogens is 3. The van der Waals surface area contributed by atoms with Gasteiger partial charge in [0.1, 0.15) is 5.75 Å². The zero-order chi connectivity index (χ0) is 16.6. The van der Waals surface area contributed by atoms with E-state index in [0.717, 1.165) is 5.56 Å². The Morgan fingerprint density at radius 2 is 1.78 bits per heavy atom. The SMILES string of the molecule is COc1cccc(-c2c(Cl)cc(-n3nc(N)nc3N)cc2Cl)c1. The molecule has 0 unspecified atom stereocenters. The highest BCUT2D eigenvalue weighted by atomic mass is 35.5. The Labute approximate surface area is 142 Å². The second-order valence-electron chi connectivity index (χ2n) is 4.76. The average molecular weight is 350 g/mol. The lowest BCUT2D eigenvalue weighted by Crippen LogP contribution is -2.03. The Hall–Kier alpha value is -2.44. The van der Waals surface area contributed by atoms with Crippen molar-refractivity contribution in [1.82, 2.24) is 14.8 Å². The van der Waals surface area contributed by atoms with Gasteiger partial charge >= 0.3 is 0 Å². The van der Waals surface area contributed by atoms with Crippen LogP contribution < -0.4 is 16.2 Å². The fraction of sp³-hybridized carbons (Fsp3) is 0.0667. The maximum atomic E-state index is 6.41. The monoisotopic (exact) mass is 349 g/mol. The molecule has 118 valence electrons. The summed E-state index contributed by atoms with van der Waals surface area (Å²) in [6.07, 6.45) is 0. The van der Waals surface area contributed by atoms with Crippen LogP contribution >= 0.6 is 23.2 Å². The fourth-order valence-corrected chi connectivity index (χ4v) is 2.96. The van der Waals surface area contributed by atoms with Crippen LogP contribution in [0.4, 0.5) is 11.9 Å². The van der Waals surface area contributed by atoms with Crippen LogP contribution in [-0.4, -0.2) is 21.9 Å². The molecule has 0 fully saturated rings. The van der Waals surface area contributed by atoms with E-state index in [4.69, 9.17) is 39.4 Å². The molecule has 0 saturated carbocycles. The summed E-state index contributed by atoms with van der Waals surface area (Å²) in [5.41, 5.74) is 13.4. The summed E-state index contributed by atoms with van der Waals surface area (Å²) in [6.45, 7) is 0. The Bertz CT molecular complexity index is 855. The van der Waals surface area contributed by atoms with E-state index in [0.29, 0.717) is 27.0 Å². The van der Waals surface area contributed by atoms with Gasteiger partial charge in [0.15, 0.2) is 0 Å². The summed E-state index contributed by atoms with van der Waals surface area (Å²) in [4.78, 5) is 3.85. The number of nitrogens with two attached hydrogens (primary N) is 2. The van der Waals surface area contributed by atoms with E-state index in [-0.39, 0.29) is 11.9 Å². The maximum absolute atomic E-state index is 6.41. The van der Waals surface area contributed by atoms with Gasteiger partial charge in [-0.3, -0.25) is 0 Å². The number of ether oxygens (including phenoxy) is 1. The van der Waals surface area contributed by atoms with Crippen LogP contribution in [-0.2, 0) is 0 Å². The smallest absolute Gasteiger partial charge is 0.241 e. The maximum Gasteiger partial charge on any atom is 0.241 e. The molecule has 6 nitrogen and oxygen atoms in total. The van der Waals surface area contributed by atoms with Crippen molar-refractivity contribution in [3.05, 3.63) is 46.4 Å². The summed E-state index contributed by atoms with van der Waals surface area (Å²) in [5.74, 6) is 0.947. The first-order chi connectivity index (χ1) is 11.0. The third kappa shape index (κ3) is 2.91. The van der Waals surface area contributed by atoms with Crippen molar-refractivity contribution in [3.8, 4) is 22.6 Å². The van der Waals surface area contributed by atoms with Gasteiger partial charge in [-0.15, -0.1) is 5.10 Å². The molecule has 1 heterocycles. The minimum absolute atomic E-state index is 0.0756. The number of hydrogen-bond donors (Lipinski definition) is 2. The molecule has 23 heavy (non-hydrogen) atoms. The molecule has 3 aromatic rings. The highest BCUT2D eigenvalue weighted by molar-refractivity contribution is 6.39. The molecule has 0 aliphatic carbocycles. The van der Waals surface area contributed by atoms with Crippen molar-refractivity contribution in [1.29, 1.82) is 0 Å². The summed E-state index contributed by atoms with van der Waals surface area (Å²) < 4.78 is 6.61. The largest absolute Gasteiger partial charge is 0.497 e. The van der Waals surface area contributed by atoms with E-state index in [1.54, 1.807) is 19.2 Å². The number of halogens is 2. The average Bonchev–Trinajstić information content (AvgIpc) is 2.85. The van der Waals surface area contributed by atoms with Gasteiger partial charge in [-0.25, -0.2) is 0 Å². The first-order valence-corrected chi connectivity index (χ1v) is 7.37. The predicted molar refractivity (Wildman–Crippen MR) is 92.2 cm³/mol. The van der Waals surface area contributed by atoms with Crippen molar-refractivity contribution in [2.45, 2.75) is 0 Å². The highest BCUT2D eigenvalue weighted by Gasteiger charge is 2.14. The fourth-order valence-electron chi connectivity index (χ4n) is 2.27. The van der Waals surface area contributed by atoms with Gasteiger partial charge in [-0.1, -0.05) is 35.3 Å². The number of nitrogen functional groups attached to an aromatic ring is 2. The third-order valence-electron chi connectivity index (χ3n) is 3.28. The normalized spacial score (nSPS) is 10.7. The van der Waals surface area contributed by atoms with Crippen LogP contribution in [0.1, 0.15) is 0 Å². The van der Waals surface area contributed by atoms with Gasteiger partial charge in [-0.05, 0) is 29.8 Å². The predicted octanol–water partition coefficient (Wildman–Crippen LogP) is 3.41. The van der Waals surface area contributed by atoms with E-state index in [1.165, 1.54) is 4.68 Å². The minimum atomic E-state index is 0.0756. The van der Waals surface area contributed by atoms with E-state index < -0.39 is 0 Å². The molecule has 0 atom stereocenters. The lowest BCUT2D eigenvalue weighted by Gasteiger charge is -2.11. The molecule has 0 spiro atoms. The summed E-state index contributed by atoms with van der Waals surface area (Å²) in [7, 11) is 1.60. The Balaban J connectivity index is 2.12. The molecule has 0 aliphatic rings. The number of nitrogens with zero attached hydrogens (tertiary/aromatic N) is 3. The standard InChI is InChI=1S/C15H13Cl2N5O/c1-23-10-4-2-3-8(5-10)13-11(16)6-9(7-12(13)17)22-15(19)20-14(18)21-22/h2-7H,1H3,(H4,18,19,20,21). The van der Waals surface area contributed by atoms with Gasteiger partial charge in [0.2, 0.25) is 11.9 Å². The lowest BCUT2D eigenvalue weighted by molar-refractivity contribution is 0.415. The molecule has 1 aromatic heterocycles. The summed E-state index contributed by atoms with van der Waals surface area (Å²) >= 11 is 12.8. The van der Waals surface area contributed by atoms with Gasteiger partial charge in [-0.2, -0.15) is 9.67 Å². The summed E-state index contributed by atoms with van der Waals surface area (Å²) in [5, 5.41) is 4.92. The Morgan fingerprint density at radius 3 is 2.35 bits per heavy atom. The second kappa shape index (κ2) is 5.98. The summed E-state index contributed by atoms with van der Waals surface area (Å²) in [6, 6.07) is 10.9. The van der Waals surface area contributed by atoms with Gasteiger partial charge in [0.05, 0.1) is 22.8 Å². The Morgan fingerprint density at radius 1 is 1.09 bits per heavy atom. The van der Waals surface area contributed by atoms with Crippen molar-refractivity contribution in [3.63, 3.8) is 0 Å². The third-order valence-corrected chi connectivity index (χ3v) is 3.87.